The number of amides is 1. The molecule has 0 bridgehead atoms. The topological polar surface area (TPSA) is 75.3 Å². The lowest BCUT2D eigenvalue weighted by molar-refractivity contribution is -0.114. The van der Waals surface area contributed by atoms with Crippen LogP contribution in [0.4, 0.5) is 5.69 Å². The van der Waals surface area contributed by atoms with Gasteiger partial charge in [0.25, 0.3) is 0 Å². The van der Waals surface area contributed by atoms with E-state index in [9.17, 15) is 13.2 Å². The molecule has 0 aliphatic rings. The molecule has 144 valence electrons. The molecule has 0 aliphatic carbocycles. The van der Waals surface area contributed by atoms with Crippen LogP contribution in [-0.2, 0) is 14.8 Å². The second-order valence-corrected chi connectivity index (χ2v) is 8.30. The van der Waals surface area contributed by atoms with Gasteiger partial charge in [0.2, 0.25) is 15.9 Å². The Kier molecular flexibility index (Phi) is 5.92. The van der Waals surface area contributed by atoms with E-state index in [4.69, 9.17) is 0 Å². The van der Waals surface area contributed by atoms with Crippen LogP contribution in [0.1, 0.15) is 29.7 Å². The molecule has 0 aromatic heterocycles. The van der Waals surface area contributed by atoms with E-state index < -0.39 is 16.1 Å². The number of hydrogen-bond acceptors (Lipinski definition) is 3. The summed E-state index contributed by atoms with van der Waals surface area (Å²) in [5.74, 6) is -0.211. The molecule has 1 atom stereocenters. The van der Waals surface area contributed by atoms with Crippen LogP contribution in [0.2, 0.25) is 0 Å². The van der Waals surface area contributed by atoms with Gasteiger partial charge in [0.05, 0.1) is 10.9 Å². The van der Waals surface area contributed by atoms with E-state index in [0.717, 1.165) is 16.7 Å². The van der Waals surface area contributed by atoms with Gasteiger partial charge in [-0.05, 0) is 42.3 Å². The van der Waals surface area contributed by atoms with Crippen molar-refractivity contribution in [3.8, 4) is 0 Å². The third kappa shape index (κ3) is 4.85. The van der Waals surface area contributed by atoms with Gasteiger partial charge in [0.1, 0.15) is 0 Å². The van der Waals surface area contributed by atoms with E-state index in [1.165, 1.54) is 19.1 Å². The molecule has 2 N–H and O–H groups in total. The van der Waals surface area contributed by atoms with Crippen molar-refractivity contribution in [2.45, 2.75) is 24.8 Å². The first-order valence-electron chi connectivity index (χ1n) is 8.87. The van der Waals surface area contributed by atoms with Crippen LogP contribution in [0, 0.1) is 6.92 Å². The van der Waals surface area contributed by atoms with Gasteiger partial charge >= 0.3 is 0 Å². The molecule has 0 spiro atoms. The quantitative estimate of drug-likeness (QED) is 0.663. The summed E-state index contributed by atoms with van der Waals surface area (Å²) in [5, 5.41) is 2.63. The lowest BCUT2D eigenvalue weighted by Gasteiger charge is -2.20. The minimum absolute atomic E-state index is 0.134. The summed E-state index contributed by atoms with van der Waals surface area (Å²) in [4.78, 5) is 11.3. The molecule has 3 rings (SSSR count). The molecule has 3 aromatic carbocycles. The molecule has 0 saturated carbocycles. The average molecular weight is 394 g/mol. The minimum Gasteiger partial charge on any atom is -0.326 e. The Bertz CT molecular complexity index is 1050. The molecule has 3 aromatic rings. The normalized spacial score (nSPS) is 12.4. The van der Waals surface area contributed by atoms with Crippen LogP contribution in [0.25, 0.3) is 0 Å². The van der Waals surface area contributed by atoms with Crippen LogP contribution < -0.4 is 10.0 Å². The monoisotopic (exact) mass is 394 g/mol. The number of nitrogens with one attached hydrogen (secondary N) is 2. The zero-order valence-corrected chi connectivity index (χ0v) is 16.5. The van der Waals surface area contributed by atoms with Crippen LogP contribution in [0.5, 0.6) is 0 Å². The van der Waals surface area contributed by atoms with Crippen LogP contribution >= 0.6 is 0 Å². The summed E-state index contributed by atoms with van der Waals surface area (Å²) in [6.45, 7) is 3.39. The lowest BCUT2D eigenvalue weighted by atomic mass is 9.99. The number of carbonyl (C=O) groups is 1. The Morgan fingerprint density at radius 3 is 1.96 bits per heavy atom. The van der Waals surface area contributed by atoms with Crippen LogP contribution in [-0.4, -0.2) is 14.3 Å². The predicted molar refractivity (Wildman–Crippen MR) is 111 cm³/mol. The Hall–Kier alpha value is -2.96. The zero-order valence-electron chi connectivity index (χ0n) is 15.7. The lowest BCUT2D eigenvalue weighted by Crippen LogP contribution is -2.29. The van der Waals surface area contributed by atoms with Gasteiger partial charge in [-0.2, -0.15) is 4.72 Å². The van der Waals surface area contributed by atoms with Crippen molar-refractivity contribution >= 4 is 21.6 Å². The molecule has 0 aliphatic heterocycles. The van der Waals surface area contributed by atoms with E-state index in [1.54, 1.807) is 12.1 Å². The first-order chi connectivity index (χ1) is 13.3. The summed E-state index contributed by atoms with van der Waals surface area (Å²) in [7, 11) is -3.77. The van der Waals surface area contributed by atoms with Gasteiger partial charge in [0.15, 0.2) is 0 Å². The van der Waals surface area contributed by atoms with Gasteiger partial charge < -0.3 is 5.32 Å². The standard InChI is InChI=1S/C22H22N2O3S/c1-16-8-10-19(11-9-16)22(18-6-4-3-5-7-18)24-28(26,27)21-14-12-20(13-15-21)23-17(2)25/h3-15,22,24H,1-2H3,(H,23,25). The first kappa shape index (κ1) is 19.8. The van der Waals surface area contributed by atoms with Gasteiger partial charge in [0, 0.05) is 12.6 Å². The van der Waals surface area contributed by atoms with E-state index >= 15 is 0 Å². The highest BCUT2D eigenvalue weighted by Crippen LogP contribution is 2.25. The van der Waals surface area contributed by atoms with Crippen molar-refractivity contribution in [1.29, 1.82) is 0 Å². The van der Waals surface area contributed by atoms with Gasteiger partial charge in [-0.1, -0.05) is 60.2 Å². The number of sulfonamides is 1. The maximum Gasteiger partial charge on any atom is 0.241 e. The fourth-order valence-corrected chi connectivity index (χ4v) is 4.09. The Morgan fingerprint density at radius 1 is 0.821 bits per heavy atom. The van der Waals surface area contributed by atoms with Gasteiger partial charge in [-0.25, -0.2) is 8.42 Å². The smallest absolute Gasteiger partial charge is 0.241 e. The van der Waals surface area contributed by atoms with Crippen molar-refractivity contribution in [3.63, 3.8) is 0 Å². The van der Waals surface area contributed by atoms with Crippen LogP contribution in [0.3, 0.4) is 0 Å². The second kappa shape index (κ2) is 8.37. The van der Waals surface area contributed by atoms with Crippen molar-refractivity contribution < 1.29 is 13.2 Å². The Morgan fingerprint density at radius 2 is 1.39 bits per heavy atom. The van der Waals surface area contributed by atoms with Crippen LogP contribution in [0.15, 0.2) is 83.8 Å². The van der Waals surface area contributed by atoms with Crippen molar-refractivity contribution in [2.24, 2.45) is 0 Å². The molecule has 0 fully saturated rings. The third-order valence-corrected chi connectivity index (χ3v) is 5.74. The number of aryl methyl sites for hydroxylation is 1. The highest BCUT2D eigenvalue weighted by Gasteiger charge is 2.23. The minimum atomic E-state index is -3.77. The van der Waals surface area contributed by atoms with E-state index in [1.807, 2.05) is 61.5 Å². The Labute approximate surface area is 165 Å². The molecule has 28 heavy (non-hydrogen) atoms. The molecule has 1 amide bonds. The number of rotatable bonds is 6. The highest BCUT2D eigenvalue weighted by molar-refractivity contribution is 7.89. The first-order valence-corrected chi connectivity index (χ1v) is 10.3. The largest absolute Gasteiger partial charge is 0.326 e. The molecular formula is C22H22N2O3S. The van der Waals surface area contributed by atoms with Gasteiger partial charge in [-0.15, -0.1) is 0 Å². The number of benzene rings is 3. The fourth-order valence-electron chi connectivity index (χ4n) is 2.88. The van der Waals surface area contributed by atoms with E-state index in [2.05, 4.69) is 10.0 Å². The molecule has 0 radical (unpaired) electrons. The summed E-state index contributed by atoms with van der Waals surface area (Å²) in [6, 6.07) is 22.8. The fraction of sp³-hybridized carbons (Fsp3) is 0.136. The average Bonchev–Trinajstić information content (AvgIpc) is 2.68. The molecular weight excluding hydrogens is 372 g/mol. The third-order valence-electron chi connectivity index (χ3n) is 4.30. The van der Waals surface area contributed by atoms with Gasteiger partial charge in [-0.3, -0.25) is 4.79 Å². The molecule has 1 unspecified atom stereocenters. The summed E-state index contributed by atoms with van der Waals surface area (Å²) in [5.41, 5.74) is 3.36. The maximum atomic E-state index is 13.0. The summed E-state index contributed by atoms with van der Waals surface area (Å²) >= 11 is 0. The van der Waals surface area contributed by atoms with E-state index in [-0.39, 0.29) is 10.8 Å². The summed E-state index contributed by atoms with van der Waals surface area (Å²) in [6.07, 6.45) is 0. The van der Waals surface area contributed by atoms with Crippen molar-refractivity contribution in [2.75, 3.05) is 5.32 Å². The number of anilines is 1. The van der Waals surface area contributed by atoms with E-state index in [0.29, 0.717) is 5.69 Å². The highest BCUT2D eigenvalue weighted by atomic mass is 32.2. The zero-order chi connectivity index (χ0) is 20.1. The maximum absolute atomic E-state index is 13.0. The molecule has 5 nitrogen and oxygen atoms in total. The second-order valence-electron chi connectivity index (χ2n) is 6.58. The molecule has 0 heterocycles. The van der Waals surface area contributed by atoms with Crippen molar-refractivity contribution in [1.82, 2.24) is 4.72 Å². The molecule has 0 saturated heterocycles. The predicted octanol–water partition coefficient (Wildman–Crippen LogP) is 4.02. The summed E-state index contributed by atoms with van der Waals surface area (Å²) < 4.78 is 28.8. The van der Waals surface area contributed by atoms with Crippen molar-refractivity contribution in [3.05, 3.63) is 95.6 Å². The number of hydrogen-bond donors (Lipinski definition) is 2. The molecule has 6 heteroatoms. The SMILES string of the molecule is CC(=O)Nc1ccc(S(=O)(=O)NC(c2ccccc2)c2ccc(C)cc2)cc1. The number of carbonyl (C=O) groups excluding carboxylic acids is 1. The Balaban J connectivity index is 1.93.